The number of fused-ring (bicyclic) bond motifs is 10. The van der Waals surface area contributed by atoms with Crippen molar-refractivity contribution in [2.24, 2.45) is 0 Å². The highest BCUT2D eigenvalue weighted by atomic mass is 79.9. The molecule has 0 amide bonds. The third-order valence-corrected chi connectivity index (χ3v) is 8.97. The Morgan fingerprint density at radius 1 is 0.647 bits per heavy atom. The van der Waals surface area contributed by atoms with Crippen LogP contribution in [0.5, 0.6) is 0 Å². The van der Waals surface area contributed by atoms with Gasteiger partial charge in [0.05, 0.1) is 5.41 Å². The van der Waals surface area contributed by atoms with Gasteiger partial charge in [0, 0.05) is 14.3 Å². The van der Waals surface area contributed by atoms with E-state index in [0.717, 1.165) is 4.47 Å². The van der Waals surface area contributed by atoms with Crippen molar-refractivity contribution in [2.45, 2.75) is 22.1 Å². The Hall–Kier alpha value is -3.07. The van der Waals surface area contributed by atoms with Crippen molar-refractivity contribution in [3.63, 3.8) is 0 Å². The molecule has 5 aromatic rings. The van der Waals surface area contributed by atoms with Crippen LogP contribution in [0.2, 0.25) is 0 Å². The van der Waals surface area contributed by atoms with Crippen LogP contribution < -0.4 is 0 Å². The molecule has 1 unspecified atom stereocenters. The molecule has 2 heteroatoms. The summed E-state index contributed by atoms with van der Waals surface area (Å²) in [5.74, 6) is 0. The van der Waals surface area contributed by atoms with E-state index >= 15 is 0 Å². The standard InChI is InChI=1S/C32H21BrS/c1-20-10-11-22-12-13-23-14-16-24(33)19-29(23)32(28(22)18-20)26-8-4-5-9-30(26)34-31-25-7-3-2-6-21(25)15-17-27(31)32/h2-19H,1H3. The van der Waals surface area contributed by atoms with Crippen LogP contribution in [0.25, 0.3) is 22.9 Å². The molecule has 0 saturated heterocycles. The predicted octanol–water partition coefficient (Wildman–Crippen LogP) is 9.24. The maximum absolute atomic E-state index is 3.81. The molecule has 0 nitrogen and oxygen atoms in total. The maximum Gasteiger partial charge on any atom is 0.0735 e. The van der Waals surface area contributed by atoms with Crippen molar-refractivity contribution in [3.05, 3.63) is 140 Å². The minimum atomic E-state index is -0.412. The molecule has 34 heavy (non-hydrogen) atoms. The third-order valence-electron chi connectivity index (χ3n) is 7.26. The fourth-order valence-electron chi connectivity index (χ4n) is 5.81. The first-order valence-corrected chi connectivity index (χ1v) is 13.2. The van der Waals surface area contributed by atoms with Gasteiger partial charge in [-0.1, -0.05) is 124 Å². The first-order valence-electron chi connectivity index (χ1n) is 11.5. The average Bonchev–Trinajstić information content (AvgIpc) is 2.99. The van der Waals surface area contributed by atoms with Crippen LogP contribution in [-0.4, -0.2) is 0 Å². The van der Waals surface area contributed by atoms with E-state index in [9.17, 15) is 0 Å². The number of aryl methyl sites for hydroxylation is 1. The molecule has 1 heterocycles. The van der Waals surface area contributed by atoms with Crippen LogP contribution in [0.3, 0.4) is 0 Å². The zero-order valence-electron chi connectivity index (χ0n) is 18.7. The van der Waals surface area contributed by atoms with E-state index in [1.807, 2.05) is 11.8 Å². The van der Waals surface area contributed by atoms with E-state index in [0.29, 0.717) is 0 Å². The summed E-state index contributed by atoms with van der Waals surface area (Å²) in [5, 5.41) is 2.61. The van der Waals surface area contributed by atoms with Crippen molar-refractivity contribution < 1.29 is 0 Å². The Balaban J connectivity index is 1.75. The molecule has 1 aliphatic heterocycles. The Kier molecular flexibility index (Phi) is 4.46. The second kappa shape index (κ2) is 7.46. The molecule has 5 aromatic carbocycles. The van der Waals surface area contributed by atoms with E-state index in [1.165, 1.54) is 59.5 Å². The van der Waals surface area contributed by atoms with Crippen LogP contribution in [0.15, 0.2) is 111 Å². The summed E-state index contributed by atoms with van der Waals surface area (Å²) >= 11 is 5.72. The van der Waals surface area contributed by atoms with Crippen molar-refractivity contribution in [1.82, 2.24) is 0 Å². The summed E-state index contributed by atoms with van der Waals surface area (Å²) in [6.45, 7) is 2.20. The summed E-state index contributed by atoms with van der Waals surface area (Å²) in [7, 11) is 0. The lowest BCUT2D eigenvalue weighted by atomic mass is 9.63. The molecule has 0 bridgehead atoms. The summed E-state index contributed by atoms with van der Waals surface area (Å²) < 4.78 is 1.10. The molecule has 1 spiro atoms. The van der Waals surface area contributed by atoms with Gasteiger partial charge in [-0.25, -0.2) is 0 Å². The van der Waals surface area contributed by atoms with Gasteiger partial charge in [-0.15, -0.1) is 0 Å². The van der Waals surface area contributed by atoms with Gasteiger partial charge < -0.3 is 0 Å². The van der Waals surface area contributed by atoms with E-state index in [-0.39, 0.29) is 0 Å². The van der Waals surface area contributed by atoms with Crippen molar-refractivity contribution in [1.29, 1.82) is 0 Å². The summed E-state index contributed by atoms with van der Waals surface area (Å²) in [5.41, 5.74) is 8.81. The highest BCUT2D eigenvalue weighted by Crippen LogP contribution is 2.59. The number of rotatable bonds is 0. The average molecular weight is 517 g/mol. The van der Waals surface area contributed by atoms with Crippen LogP contribution in [-0.2, 0) is 5.41 Å². The molecular formula is C32H21BrS. The molecule has 0 radical (unpaired) electrons. The molecular weight excluding hydrogens is 496 g/mol. The largest absolute Gasteiger partial charge is 0.0888 e. The first kappa shape index (κ1) is 20.3. The van der Waals surface area contributed by atoms with Gasteiger partial charge in [0.2, 0.25) is 0 Å². The van der Waals surface area contributed by atoms with Crippen molar-refractivity contribution >= 4 is 50.6 Å². The molecule has 7 rings (SSSR count). The lowest BCUT2D eigenvalue weighted by molar-refractivity contribution is 0.703. The zero-order chi connectivity index (χ0) is 22.9. The fraction of sp³-hybridized carbons (Fsp3) is 0.0625. The van der Waals surface area contributed by atoms with Gasteiger partial charge in [0.15, 0.2) is 0 Å². The van der Waals surface area contributed by atoms with E-state index in [4.69, 9.17) is 0 Å². The normalized spacial score (nSPS) is 17.6. The quantitative estimate of drug-likeness (QED) is 0.193. The fourth-order valence-corrected chi connectivity index (χ4v) is 7.50. The van der Waals surface area contributed by atoms with Gasteiger partial charge >= 0.3 is 0 Å². The van der Waals surface area contributed by atoms with E-state index in [1.54, 1.807) is 0 Å². The van der Waals surface area contributed by atoms with Gasteiger partial charge in [-0.3, -0.25) is 0 Å². The molecule has 0 N–H and O–H groups in total. The molecule has 0 fully saturated rings. The number of hydrogen-bond donors (Lipinski definition) is 0. The number of benzene rings is 5. The van der Waals surface area contributed by atoms with Crippen LogP contribution in [0.4, 0.5) is 0 Å². The highest BCUT2D eigenvalue weighted by molar-refractivity contribution is 9.10. The Bertz CT molecular complexity index is 1600. The second-order valence-electron chi connectivity index (χ2n) is 9.17. The molecule has 0 aromatic heterocycles. The molecule has 162 valence electrons. The summed E-state index contributed by atoms with van der Waals surface area (Å²) in [4.78, 5) is 2.68. The Morgan fingerprint density at radius 3 is 2.26 bits per heavy atom. The number of halogens is 1. The summed E-state index contributed by atoms with van der Waals surface area (Å²) in [6, 6.07) is 36.1. The molecule has 2 aliphatic rings. The van der Waals surface area contributed by atoms with Crippen LogP contribution >= 0.6 is 27.7 Å². The third kappa shape index (κ3) is 2.73. The molecule has 1 atom stereocenters. The maximum atomic E-state index is 3.81. The minimum Gasteiger partial charge on any atom is -0.0888 e. The lowest BCUT2D eigenvalue weighted by Crippen LogP contribution is -2.35. The number of hydrogen-bond acceptors (Lipinski definition) is 1. The van der Waals surface area contributed by atoms with Crippen molar-refractivity contribution in [2.75, 3.05) is 0 Å². The Labute approximate surface area is 212 Å². The van der Waals surface area contributed by atoms with Gasteiger partial charge in [-0.2, -0.15) is 0 Å². The zero-order valence-corrected chi connectivity index (χ0v) is 21.1. The SMILES string of the molecule is Cc1ccc2c(c1)C1(c3cc(Br)ccc3C=C2)c2ccccc2Sc2c1ccc1ccccc21. The van der Waals surface area contributed by atoms with E-state index in [2.05, 4.69) is 132 Å². The van der Waals surface area contributed by atoms with Gasteiger partial charge in [0.1, 0.15) is 0 Å². The first-order chi connectivity index (χ1) is 16.7. The van der Waals surface area contributed by atoms with Crippen LogP contribution in [0, 0.1) is 6.92 Å². The van der Waals surface area contributed by atoms with Gasteiger partial charge in [-0.05, 0) is 69.3 Å². The predicted molar refractivity (Wildman–Crippen MR) is 148 cm³/mol. The monoisotopic (exact) mass is 516 g/mol. The Morgan fingerprint density at radius 2 is 1.38 bits per heavy atom. The second-order valence-corrected chi connectivity index (χ2v) is 11.1. The lowest BCUT2D eigenvalue weighted by Gasteiger charge is -2.43. The van der Waals surface area contributed by atoms with Gasteiger partial charge in [0.25, 0.3) is 0 Å². The van der Waals surface area contributed by atoms with Crippen molar-refractivity contribution in [3.8, 4) is 0 Å². The topological polar surface area (TPSA) is 0 Å². The van der Waals surface area contributed by atoms with E-state index < -0.39 is 5.41 Å². The summed E-state index contributed by atoms with van der Waals surface area (Å²) in [6.07, 6.45) is 4.58. The van der Waals surface area contributed by atoms with Crippen LogP contribution in [0.1, 0.15) is 38.9 Å². The highest BCUT2D eigenvalue weighted by Gasteiger charge is 2.47. The minimum absolute atomic E-state index is 0.412. The smallest absolute Gasteiger partial charge is 0.0735 e. The molecule has 1 aliphatic carbocycles. The molecule has 0 saturated carbocycles.